The van der Waals surface area contributed by atoms with Crippen molar-refractivity contribution in [3.8, 4) is 0 Å². The number of nitrogens with zero attached hydrogens (tertiary/aromatic N) is 17. The highest BCUT2D eigenvalue weighted by Gasteiger charge is 2.34. The Balaban J connectivity index is 0.000000147. The molecule has 5 aliphatic rings. The molecule has 5 aliphatic heterocycles. The molecule has 29 nitrogen and oxygen atoms in total. The highest BCUT2D eigenvalue weighted by atomic mass is 32.1. The molecular weight excluding hydrogens is 1220 g/mol. The van der Waals surface area contributed by atoms with Crippen LogP contribution in [0.25, 0.3) is 0 Å². The number of aromatic nitrogens is 12. The third kappa shape index (κ3) is 15.8. The molecule has 0 spiro atoms. The minimum atomic E-state index is -0.931. The molecule has 90 heavy (non-hydrogen) atoms. The van der Waals surface area contributed by atoms with Gasteiger partial charge in [-0.1, -0.05) is 46.1 Å². The number of methoxy groups -OCH3 is 4. The van der Waals surface area contributed by atoms with Crippen LogP contribution in [0.1, 0.15) is 42.6 Å². The monoisotopic (exact) mass is 1290 g/mol. The van der Waals surface area contributed by atoms with Gasteiger partial charge < -0.3 is 65.1 Å². The van der Waals surface area contributed by atoms with Crippen LogP contribution in [-0.2, 0) is 28.5 Å². The predicted octanol–water partition coefficient (Wildman–Crippen LogP) is 5.24. The molecule has 2 aromatic carbocycles. The van der Waals surface area contributed by atoms with Crippen LogP contribution in [-0.4, -0.2) is 197 Å². The molecule has 8 aromatic rings. The number of nitrogens with two attached hydrogens (primary N) is 1. The van der Waals surface area contributed by atoms with E-state index < -0.39 is 24.0 Å². The molecule has 0 unspecified atom stereocenters. The normalized spacial score (nSPS) is 18.8. The Morgan fingerprint density at radius 3 is 1.19 bits per heavy atom. The number of anilines is 11. The summed E-state index contributed by atoms with van der Waals surface area (Å²) in [6.45, 7) is 7.48. The van der Waals surface area contributed by atoms with Gasteiger partial charge >= 0.3 is 0 Å². The van der Waals surface area contributed by atoms with Gasteiger partial charge in [-0.25, -0.2) is 8.78 Å². The lowest BCUT2D eigenvalue weighted by Crippen LogP contribution is -2.52. The lowest BCUT2D eigenvalue weighted by atomic mass is 10.0. The highest BCUT2D eigenvalue weighted by molar-refractivity contribution is 7.19. The zero-order chi connectivity index (χ0) is 62.5. The standard InChI is InChI=1S/2C23H27FN8O3S.C10H13N7S/c2*1-34-16-12-32(13-16)18-10-14(5-6-17(18)24)20(35-2)21(33)27-23-30-29-22(36-23)26-15-7-9-31(11-15)19-4-3-8-25-28-19;11-9-15-16-10(18-9)13-7-3-5-17(6-7)8-2-1-4-12-14-8/h2*3-6,8,10,15-16,20H,7,9,11-13H2,1-2H3,(H,26,29)(H,27,30,33);1-2,4,7H,3,5-6H2,(H2,11,15)(H,13,16)/t15-,20+;15-,20-;7-/m111/s1. The van der Waals surface area contributed by atoms with Crippen LogP contribution in [0.5, 0.6) is 0 Å². The third-order valence-corrected chi connectivity index (χ3v) is 17.7. The summed E-state index contributed by atoms with van der Waals surface area (Å²) in [6, 6.07) is 21.3. The second-order valence-electron chi connectivity index (χ2n) is 21.4. The van der Waals surface area contributed by atoms with Crippen molar-refractivity contribution in [3.05, 3.63) is 114 Å². The molecule has 0 radical (unpaired) electrons. The Labute approximate surface area is 528 Å². The van der Waals surface area contributed by atoms with Crippen LogP contribution in [0.15, 0.2) is 91.4 Å². The minimum absolute atomic E-state index is 0.0779. The van der Waals surface area contributed by atoms with Gasteiger partial charge in [-0.15, -0.1) is 45.9 Å². The summed E-state index contributed by atoms with van der Waals surface area (Å²) in [6.07, 6.45) is 6.15. The Hall–Kier alpha value is -8.80. The average molecular weight is 1290 g/mol. The molecule has 11 heterocycles. The van der Waals surface area contributed by atoms with Crippen LogP contribution in [0.3, 0.4) is 0 Å². The van der Waals surface area contributed by atoms with E-state index in [1.807, 2.05) is 46.2 Å². The number of ether oxygens (including phenoxy) is 4. The van der Waals surface area contributed by atoms with Crippen molar-refractivity contribution in [1.29, 1.82) is 0 Å². The number of nitrogens with one attached hydrogen (secondary N) is 5. The van der Waals surface area contributed by atoms with E-state index in [4.69, 9.17) is 24.7 Å². The van der Waals surface area contributed by atoms with E-state index in [1.165, 1.54) is 60.4 Å². The van der Waals surface area contributed by atoms with Gasteiger partial charge in [0.1, 0.15) is 11.6 Å². The van der Waals surface area contributed by atoms with Crippen LogP contribution in [0, 0.1) is 11.6 Å². The molecule has 0 bridgehead atoms. The van der Waals surface area contributed by atoms with Gasteiger partial charge in [-0.05, 0) is 91.1 Å². The first-order valence-electron chi connectivity index (χ1n) is 28.8. The number of benzene rings is 2. The lowest BCUT2D eigenvalue weighted by Gasteiger charge is -2.40. The van der Waals surface area contributed by atoms with Gasteiger partial charge in [0.15, 0.2) is 29.7 Å². The average Bonchev–Trinajstić information content (AvgIpc) is 2.00. The van der Waals surface area contributed by atoms with E-state index in [0.29, 0.717) is 80.4 Å². The van der Waals surface area contributed by atoms with Crippen LogP contribution < -0.4 is 56.8 Å². The lowest BCUT2D eigenvalue weighted by molar-refractivity contribution is -0.126. The Bertz CT molecular complexity index is 3430. The molecule has 5 saturated heterocycles. The number of hydrogen-bond acceptors (Lipinski definition) is 30. The fraction of sp³-hybridized carbons (Fsp3) is 0.429. The molecule has 7 N–H and O–H groups in total. The van der Waals surface area contributed by atoms with Crippen molar-refractivity contribution in [2.24, 2.45) is 0 Å². The molecule has 0 saturated carbocycles. The number of hydrogen-bond donors (Lipinski definition) is 6. The van der Waals surface area contributed by atoms with Gasteiger partial charge in [-0.2, -0.15) is 15.3 Å². The van der Waals surface area contributed by atoms with Gasteiger partial charge in [0.05, 0.1) is 23.6 Å². The number of nitrogen functional groups attached to an aromatic ring is 1. The Kier molecular flexibility index (Phi) is 20.7. The fourth-order valence-corrected chi connectivity index (χ4v) is 12.7. The predicted molar refractivity (Wildman–Crippen MR) is 339 cm³/mol. The first-order chi connectivity index (χ1) is 43.9. The zero-order valence-electron chi connectivity index (χ0n) is 49.5. The molecule has 6 aromatic heterocycles. The topological polar surface area (TPSA) is 328 Å². The number of rotatable bonds is 21. The molecule has 5 atom stereocenters. The molecule has 2 amide bonds. The van der Waals surface area contributed by atoms with Crippen molar-refractivity contribution >= 4 is 105 Å². The largest absolute Gasteiger partial charge is 0.378 e. The van der Waals surface area contributed by atoms with Crippen molar-refractivity contribution in [1.82, 2.24) is 61.2 Å². The first kappa shape index (κ1) is 62.8. The van der Waals surface area contributed by atoms with E-state index in [1.54, 1.807) is 57.1 Å². The molecule has 34 heteroatoms. The quantitative estimate of drug-likeness (QED) is 0.0536. The molecule has 5 fully saturated rings. The summed E-state index contributed by atoms with van der Waals surface area (Å²) in [5.74, 6) is 1.07. The maximum Gasteiger partial charge on any atom is 0.259 e. The summed E-state index contributed by atoms with van der Waals surface area (Å²) >= 11 is 3.86. The number of amides is 2. The molecule has 0 aliphatic carbocycles. The first-order valence-corrected chi connectivity index (χ1v) is 31.3. The summed E-state index contributed by atoms with van der Waals surface area (Å²) in [5, 5.41) is 67.2. The third-order valence-electron chi connectivity index (χ3n) is 15.5. The zero-order valence-corrected chi connectivity index (χ0v) is 52.0. The maximum atomic E-state index is 14.4. The van der Waals surface area contributed by atoms with Crippen LogP contribution in [0.2, 0.25) is 0 Å². The maximum absolute atomic E-state index is 14.4. The SMILES string of the molecule is COC1CN(c2cc([C@@H](OC)C(=O)Nc3nnc(N[C@@H]4CCN(c5cccnn5)C4)s3)ccc2F)C1.COC1CN(c2cc([C@H](OC)C(=O)Nc3nnc(N[C@@H]4CCN(c5cccnn5)C4)s3)ccc2F)C1.Nc1nnc(N[C@@H]2CCN(c3cccnn3)C2)s1. The van der Waals surface area contributed by atoms with Crippen molar-refractivity contribution in [2.75, 3.05) is 151 Å². The van der Waals surface area contributed by atoms with Gasteiger partial charge in [0.25, 0.3) is 11.8 Å². The van der Waals surface area contributed by atoms with Crippen molar-refractivity contribution in [3.63, 3.8) is 0 Å². The van der Waals surface area contributed by atoms with Crippen LogP contribution >= 0.6 is 34.0 Å². The minimum Gasteiger partial charge on any atom is -0.378 e. The fourth-order valence-electron chi connectivity index (χ4n) is 10.7. The number of halogens is 2. The van der Waals surface area contributed by atoms with E-state index in [2.05, 4.69) is 102 Å². The van der Waals surface area contributed by atoms with E-state index in [0.717, 1.165) is 81.1 Å². The van der Waals surface area contributed by atoms with Gasteiger partial charge in [-0.3, -0.25) is 20.2 Å². The summed E-state index contributed by atoms with van der Waals surface area (Å²) in [4.78, 5) is 36.2. The van der Waals surface area contributed by atoms with E-state index in [-0.39, 0.29) is 35.9 Å². The highest BCUT2D eigenvalue weighted by Crippen LogP contribution is 2.34. The second-order valence-corrected chi connectivity index (χ2v) is 24.4. The van der Waals surface area contributed by atoms with Gasteiger partial charge in [0, 0.05) is 131 Å². The van der Waals surface area contributed by atoms with Crippen molar-refractivity contribution < 1.29 is 37.3 Å². The van der Waals surface area contributed by atoms with Gasteiger partial charge in [0.2, 0.25) is 30.8 Å². The number of carbonyl (C=O) groups is 2. The summed E-state index contributed by atoms with van der Waals surface area (Å²) in [5.41, 5.74) is 7.48. The molecular formula is C56H67F2N23O6S3. The Morgan fingerprint density at radius 2 is 0.856 bits per heavy atom. The second kappa shape index (κ2) is 29.7. The van der Waals surface area contributed by atoms with E-state index >= 15 is 0 Å². The number of carbonyl (C=O) groups excluding carboxylic acids is 2. The summed E-state index contributed by atoms with van der Waals surface area (Å²) < 4.78 is 50.3. The van der Waals surface area contributed by atoms with E-state index in [9.17, 15) is 18.4 Å². The smallest absolute Gasteiger partial charge is 0.259 e. The summed E-state index contributed by atoms with van der Waals surface area (Å²) in [7, 11) is 6.15. The molecule has 13 rings (SSSR count). The van der Waals surface area contributed by atoms with Crippen LogP contribution in [0.4, 0.5) is 68.4 Å². The molecule has 474 valence electrons. The Morgan fingerprint density at radius 1 is 0.489 bits per heavy atom. The van der Waals surface area contributed by atoms with Crippen molar-refractivity contribution in [2.45, 2.75) is 61.8 Å².